The molecule has 1 fully saturated rings. The van der Waals surface area contributed by atoms with E-state index in [-0.39, 0.29) is 11.3 Å². The van der Waals surface area contributed by atoms with Crippen LogP contribution in [0.4, 0.5) is 5.13 Å². The Balaban J connectivity index is 1.71. The molecule has 200 valence electrons. The first kappa shape index (κ1) is 26.2. The molecule has 1 aliphatic rings. The number of benzene rings is 3. The molecule has 2 heterocycles. The van der Waals surface area contributed by atoms with Gasteiger partial charge in [0.2, 0.25) is 0 Å². The van der Waals surface area contributed by atoms with Crippen LogP contribution in [0.5, 0.6) is 17.2 Å². The zero-order valence-electron chi connectivity index (χ0n) is 21.8. The quantitative estimate of drug-likeness (QED) is 0.154. The molecule has 0 spiro atoms. The number of aromatic nitrogens is 1. The van der Waals surface area contributed by atoms with Crippen molar-refractivity contribution in [2.75, 3.05) is 24.7 Å². The van der Waals surface area contributed by atoms with Crippen molar-refractivity contribution in [1.82, 2.24) is 4.98 Å². The average molecular weight is 545 g/mol. The summed E-state index contributed by atoms with van der Waals surface area (Å²) in [5.41, 5.74) is 1.66. The van der Waals surface area contributed by atoms with Gasteiger partial charge in [-0.3, -0.25) is 14.5 Å². The fraction of sp³-hybridized carbons (Fsp3) is 0.233. The molecule has 8 nitrogen and oxygen atoms in total. The molecule has 1 aliphatic heterocycles. The van der Waals surface area contributed by atoms with E-state index < -0.39 is 17.7 Å². The highest BCUT2D eigenvalue weighted by Crippen LogP contribution is 2.46. The predicted octanol–water partition coefficient (Wildman–Crippen LogP) is 6.12. The second kappa shape index (κ2) is 11.2. The van der Waals surface area contributed by atoms with Gasteiger partial charge in [0.15, 0.2) is 16.6 Å². The summed E-state index contributed by atoms with van der Waals surface area (Å²) in [6, 6.07) is 18.5. The van der Waals surface area contributed by atoms with Crippen LogP contribution >= 0.6 is 11.3 Å². The number of rotatable bonds is 9. The van der Waals surface area contributed by atoms with Crippen LogP contribution in [0.3, 0.4) is 0 Å². The van der Waals surface area contributed by atoms with Gasteiger partial charge in [-0.2, -0.15) is 0 Å². The van der Waals surface area contributed by atoms with Gasteiger partial charge >= 0.3 is 5.91 Å². The summed E-state index contributed by atoms with van der Waals surface area (Å²) in [4.78, 5) is 33.1. The lowest BCUT2D eigenvalue weighted by atomic mass is 9.95. The number of hydrogen-bond donors (Lipinski definition) is 1. The number of fused-ring (bicyclic) bond motifs is 1. The van der Waals surface area contributed by atoms with Gasteiger partial charge in [0, 0.05) is 5.56 Å². The van der Waals surface area contributed by atoms with Gasteiger partial charge in [0.1, 0.15) is 11.5 Å². The molecule has 1 atom stereocenters. The van der Waals surface area contributed by atoms with Crippen molar-refractivity contribution in [1.29, 1.82) is 0 Å². The van der Waals surface area contributed by atoms with E-state index in [2.05, 4.69) is 4.98 Å². The summed E-state index contributed by atoms with van der Waals surface area (Å²) in [6.07, 6.45) is 0. The maximum absolute atomic E-state index is 13.6. The molecule has 5 rings (SSSR count). The van der Waals surface area contributed by atoms with Crippen molar-refractivity contribution >= 4 is 44.1 Å². The maximum Gasteiger partial charge on any atom is 0.301 e. The molecule has 0 radical (unpaired) electrons. The number of carbonyl (C=O) groups is 2. The van der Waals surface area contributed by atoms with E-state index in [1.165, 1.54) is 16.2 Å². The normalized spacial score (nSPS) is 16.6. The van der Waals surface area contributed by atoms with Gasteiger partial charge in [-0.1, -0.05) is 47.7 Å². The number of thiazole rings is 1. The summed E-state index contributed by atoms with van der Waals surface area (Å²) in [5.74, 6) is -0.0981. The highest BCUT2D eigenvalue weighted by molar-refractivity contribution is 7.22. The van der Waals surface area contributed by atoms with Crippen LogP contribution in [0, 0.1) is 0 Å². The van der Waals surface area contributed by atoms with Gasteiger partial charge in [-0.05, 0) is 56.7 Å². The zero-order chi connectivity index (χ0) is 27.5. The molecular formula is C30H28N2O6S. The molecule has 4 aromatic rings. The summed E-state index contributed by atoms with van der Waals surface area (Å²) in [7, 11) is 0. The van der Waals surface area contributed by atoms with E-state index in [1.807, 2.05) is 45.0 Å². The Bertz CT molecular complexity index is 1560. The summed E-state index contributed by atoms with van der Waals surface area (Å²) >= 11 is 1.28. The van der Waals surface area contributed by atoms with Crippen molar-refractivity contribution < 1.29 is 28.9 Å². The van der Waals surface area contributed by atoms with Gasteiger partial charge in [0.05, 0.1) is 41.7 Å². The first-order valence-corrected chi connectivity index (χ1v) is 13.6. The number of anilines is 1. The third-order valence-electron chi connectivity index (χ3n) is 6.24. The van der Waals surface area contributed by atoms with E-state index >= 15 is 0 Å². The van der Waals surface area contributed by atoms with Crippen LogP contribution < -0.4 is 19.1 Å². The van der Waals surface area contributed by atoms with Crippen molar-refractivity contribution in [2.24, 2.45) is 0 Å². The van der Waals surface area contributed by atoms with Crippen LogP contribution in [-0.4, -0.2) is 41.6 Å². The Morgan fingerprint density at radius 1 is 0.897 bits per heavy atom. The van der Waals surface area contributed by atoms with E-state index in [4.69, 9.17) is 14.2 Å². The third kappa shape index (κ3) is 4.93. The summed E-state index contributed by atoms with van der Waals surface area (Å²) < 4.78 is 18.0. The van der Waals surface area contributed by atoms with Crippen molar-refractivity contribution in [2.45, 2.75) is 26.8 Å². The van der Waals surface area contributed by atoms with E-state index in [0.29, 0.717) is 58.8 Å². The molecular weight excluding hydrogens is 516 g/mol. The van der Waals surface area contributed by atoms with Crippen molar-refractivity contribution in [3.63, 3.8) is 0 Å². The van der Waals surface area contributed by atoms with Crippen LogP contribution in [-0.2, 0) is 9.59 Å². The SMILES string of the molecule is CCOc1ccc2nc(N3C(=O)C(=O)/C(=C(/O)c4ccccc4)C3c3ccc(OCC)c(OCC)c3)sc2c1. The smallest absolute Gasteiger partial charge is 0.301 e. The van der Waals surface area contributed by atoms with Crippen LogP contribution in [0.2, 0.25) is 0 Å². The first-order chi connectivity index (χ1) is 19.0. The number of hydrogen-bond acceptors (Lipinski definition) is 8. The molecule has 1 unspecified atom stereocenters. The van der Waals surface area contributed by atoms with Gasteiger partial charge in [-0.15, -0.1) is 0 Å². The number of carbonyl (C=O) groups excluding carboxylic acids is 2. The fourth-order valence-electron chi connectivity index (χ4n) is 4.59. The average Bonchev–Trinajstić information content (AvgIpc) is 3.48. The molecule has 1 N–H and O–H groups in total. The highest BCUT2D eigenvalue weighted by atomic mass is 32.1. The van der Waals surface area contributed by atoms with Crippen LogP contribution in [0.25, 0.3) is 16.0 Å². The molecule has 0 saturated carbocycles. The predicted molar refractivity (Wildman–Crippen MR) is 151 cm³/mol. The maximum atomic E-state index is 13.6. The largest absolute Gasteiger partial charge is 0.507 e. The van der Waals surface area contributed by atoms with Crippen LogP contribution in [0.1, 0.15) is 37.9 Å². The molecule has 9 heteroatoms. The number of aliphatic hydroxyl groups is 1. The fourth-order valence-corrected chi connectivity index (χ4v) is 5.61. The first-order valence-electron chi connectivity index (χ1n) is 12.8. The lowest BCUT2D eigenvalue weighted by Crippen LogP contribution is -2.29. The van der Waals surface area contributed by atoms with Crippen molar-refractivity contribution in [3.8, 4) is 17.2 Å². The van der Waals surface area contributed by atoms with Crippen LogP contribution in [0.15, 0.2) is 72.3 Å². The zero-order valence-corrected chi connectivity index (χ0v) is 22.7. The van der Waals surface area contributed by atoms with E-state index in [0.717, 1.165) is 4.70 Å². The molecule has 3 aromatic carbocycles. The van der Waals surface area contributed by atoms with Gasteiger partial charge in [0.25, 0.3) is 5.78 Å². The second-order valence-corrected chi connectivity index (χ2v) is 9.68. The molecule has 1 saturated heterocycles. The monoisotopic (exact) mass is 544 g/mol. The molecule has 1 amide bonds. The highest BCUT2D eigenvalue weighted by Gasteiger charge is 2.48. The van der Waals surface area contributed by atoms with E-state index in [1.54, 1.807) is 42.5 Å². The van der Waals surface area contributed by atoms with Crippen molar-refractivity contribution in [3.05, 3.63) is 83.4 Å². The lowest BCUT2D eigenvalue weighted by molar-refractivity contribution is -0.132. The van der Waals surface area contributed by atoms with Gasteiger partial charge in [-0.25, -0.2) is 4.98 Å². The minimum absolute atomic E-state index is 0.0212. The number of ketones is 1. The minimum Gasteiger partial charge on any atom is -0.507 e. The third-order valence-corrected chi connectivity index (χ3v) is 7.26. The number of amides is 1. The lowest BCUT2D eigenvalue weighted by Gasteiger charge is -2.24. The molecule has 1 aromatic heterocycles. The topological polar surface area (TPSA) is 98.2 Å². The van der Waals surface area contributed by atoms with E-state index in [9.17, 15) is 14.7 Å². The molecule has 39 heavy (non-hydrogen) atoms. The number of aliphatic hydroxyl groups excluding tert-OH is 1. The molecule has 0 aliphatic carbocycles. The standard InChI is InChI=1S/C30H28N2O6S/c1-4-36-20-13-14-21-24(17-20)39-30(31-21)32-26(19-12-15-22(37-5-2)23(16-19)38-6-3)25(28(34)29(32)35)27(33)18-10-8-7-9-11-18/h7-17,26,33H,4-6H2,1-3H3/b27-25+. The Morgan fingerprint density at radius 3 is 2.33 bits per heavy atom. The Labute approximate surface area is 230 Å². The Kier molecular flexibility index (Phi) is 7.51. The summed E-state index contributed by atoms with van der Waals surface area (Å²) in [5, 5.41) is 11.7. The minimum atomic E-state index is -0.938. The van der Waals surface area contributed by atoms with Gasteiger partial charge < -0.3 is 19.3 Å². The number of nitrogens with zero attached hydrogens (tertiary/aromatic N) is 2. The second-order valence-electron chi connectivity index (χ2n) is 8.67. The summed E-state index contributed by atoms with van der Waals surface area (Å²) in [6.45, 7) is 7.01. The number of Topliss-reactive ketones (excluding diaryl/α,β-unsaturated/α-hetero) is 1. The Morgan fingerprint density at radius 2 is 1.62 bits per heavy atom. The molecule has 0 bridgehead atoms. The Hall–Kier alpha value is -4.37. The number of ether oxygens (including phenoxy) is 3.